The number of ether oxygens (including phenoxy) is 2. The van der Waals surface area contributed by atoms with E-state index in [2.05, 4.69) is 23.7 Å². The Morgan fingerprint density at radius 3 is 1.10 bits per heavy atom. The summed E-state index contributed by atoms with van der Waals surface area (Å²) < 4.78 is 11.3. The zero-order chi connectivity index (χ0) is 29.8. The topological polar surface area (TPSA) is 99.4 Å². The Morgan fingerprint density at radius 2 is 0.800 bits per heavy atom. The van der Waals surface area contributed by atoms with E-state index in [-0.39, 0.29) is 13.2 Å². The summed E-state index contributed by atoms with van der Waals surface area (Å²) in [5, 5.41) is 37.6. The maximum absolute atomic E-state index is 9.74. The molecule has 2 atom stereocenters. The summed E-state index contributed by atoms with van der Waals surface area (Å²) in [7, 11) is 0. The highest BCUT2D eigenvalue weighted by Gasteiger charge is 2.13. The minimum atomic E-state index is -0.915. The van der Waals surface area contributed by atoms with Crippen LogP contribution < -0.4 is 0 Å². The molecule has 0 saturated heterocycles. The predicted molar refractivity (Wildman–Crippen MR) is 164 cm³/mol. The van der Waals surface area contributed by atoms with Gasteiger partial charge in [0.2, 0.25) is 0 Å². The van der Waals surface area contributed by atoms with Crippen LogP contribution in [0.1, 0.15) is 130 Å². The SMILES string of the molecule is CC(C)=C(OCCCCCCCCCC#CC#CCCCCCCCCCOC(=C(C)C)C(O)CO)C(O)CO. The van der Waals surface area contributed by atoms with Crippen molar-refractivity contribution in [1.82, 2.24) is 0 Å². The first-order chi connectivity index (χ1) is 19.3. The van der Waals surface area contributed by atoms with Gasteiger partial charge in [-0.2, -0.15) is 0 Å². The van der Waals surface area contributed by atoms with E-state index in [0.717, 1.165) is 62.5 Å². The van der Waals surface area contributed by atoms with Gasteiger partial charge >= 0.3 is 0 Å². The molecular weight excluding hydrogens is 504 g/mol. The Hall–Kier alpha value is -1.96. The first-order valence-electron chi connectivity index (χ1n) is 15.5. The molecule has 40 heavy (non-hydrogen) atoms. The van der Waals surface area contributed by atoms with Gasteiger partial charge < -0.3 is 29.9 Å². The Balaban J connectivity index is 3.54. The highest BCUT2D eigenvalue weighted by atomic mass is 16.5. The third-order valence-corrected chi connectivity index (χ3v) is 6.58. The molecule has 0 aromatic rings. The summed E-state index contributed by atoms with van der Waals surface area (Å²) in [6.45, 7) is 8.09. The normalized spacial score (nSPS) is 11.9. The lowest BCUT2D eigenvalue weighted by Gasteiger charge is -2.16. The monoisotopic (exact) mass is 562 g/mol. The van der Waals surface area contributed by atoms with Gasteiger partial charge in [0, 0.05) is 12.8 Å². The molecule has 2 unspecified atom stereocenters. The number of rotatable bonds is 24. The standard InChI is InChI=1S/C34H58O6/c1-29(2)33(31(37)27-35)39-25-23-21-19-17-15-13-11-9-7-5-6-8-10-12-14-16-18-20-22-24-26-40-34(30(3)4)32(38)28-36/h31-32,35-38H,9-28H2,1-4H3. The van der Waals surface area contributed by atoms with Crippen LogP contribution >= 0.6 is 0 Å². The number of aliphatic hydroxyl groups excluding tert-OH is 4. The quantitative estimate of drug-likeness (QED) is 0.0604. The van der Waals surface area contributed by atoms with Crippen LogP contribution in [0.15, 0.2) is 22.7 Å². The molecule has 0 aliphatic rings. The van der Waals surface area contributed by atoms with Crippen LogP contribution in [0.25, 0.3) is 0 Å². The largest absolute Gasteiger partial charge is 0.495 e. The van der Waals surface area contributed by atoms with Crippen LogP contribution in [0.2, 0.25) is 0 Å². The molecule has 6 heteroatoms. The van der Waals surface area contributed by atoms with E-state index < -0.39 is 12.2 Å². The fraction of sp³-hybridized carbons (Fsp3) is 0.765. The molecule has 0 spiro atoms. The zero-order valence-corrected chi connectivity index (χ0v) is 25.9. The maximum atomic E-state index is 9.74. The third kappa shape index (κ3) is 21.8. The van der Waals surface area contributed by atoms with E-state index in [9.17, 15) is 10.2 Å². The Kier molecular flexibility index (Phi) is 25.9. The third-order valence-electron chi connectivity index (χ3n) is 6.58. The van der Waals surface area contributed by atoms with Gasteiger partial charge in [-0.3, -0.25) is 0 Å². The van der Waals surface area contributed by atoms with Gasteiger partial charge in [-0.15, -0.1) is 0 Å². The second-order valence-corrected chi connectivity index (χ2v) is 10.9. The van der Waals surface area contributed by atoms with Crippen molar-refractivity contribution in [1.29, 1.82) is 0 Å². The van der Waals surface area contributed by atoms with Crippen LogP contribution in [0, 0.1) is 23.7 Å². The minimum Gasteiger partial charge on any atom is -0.495 e. The molecule has 4 N–H and O–H groups in total. The van der Waals surface area contributed by atoms with Crippen LogP contribution in [0.3, 0.4) is 0 Å². The van der Waals surface area contributed by atoms with Gasteiger partial charge in [0.15, 0.2) is 0 Å². The number of hydrogen-bond donors (Lipinski definition) is 4. The molecule has 0 heterocycles. The zero-order valence-electron chi connectivity index (χ0n) is 25.9. The van der Waals surface area contributed by atoms with Gasteiger partial charge in [0.25, 0.3) is 0 Å². The van der Waals surface area contributed by atoms with E-state index >= 15 is 0 Å². The molecule has 0 saturated carbocycles. The molecule has 0 aromatic heterocycles. The smallest absolute Gasteiger partial charge is 0.134 e. The summed E-state index contributed by atoms with van der Waals surface area (Å²) in [5.41, 5.74) is 1.82. The highest BCUT2D eigenvalue weighted by molar-refractivity contribution is 5.25. The molecule has 0 amide bonds. The first-order valence-corrected chi connectivity index (χ1v) is 15.5. The Morgan fingerprint density at radius 1 is 0.500 bits per heavy atom. The van der Waals surface area contributed by atoms with Crippen LogP contribution in [0.4, 0.5) is 0 Å². The number of unbranched alkanes of at least 4 members (excludes halogenated alkanes) is 14. The highest BCUT2D eigenvalue weighted by Crippen LogP contribution is 2.14. The summed E-state index contributed by atoms with van der Waals surface area (Å²) in [6.07, 6.45) is 16.2. The van der Waals surface area contributed by atoms with Crippen molar-refractivity contribution < 1.29 is 29.9 Å². The van der Waals surface area contributed by atoms with E-state index in [0.29, 0.717) is 24.7 Å². The minimum absolute atomic E-state index is 0.308. The number of hydrogen-bond acceptors (Lipinski definition) is 6. The van der Waals surface area contributed by atoms with Crippen molar-refractivity contribution in [3.05, 3.63) is 22.7 Å². The van der Waals surface area contributed by atoms with E-state index in [1.165, 1.54) is 51.4 Å². The Labute approximate surface area is 245 Å². The van der Waals surface area contributed by atoms with Gasteiger partial charge in [-0.25, -0.2) is 0 Å². The molecule has 0 fully saturated rings. The molecule has 0 rings (SSSR count). The number of allylic oxidation sites excluding steroid dienone is 2. The van der Waals surface area contributed by atoms with Gasteiger partial charge in [-0.05, 0) is 76.4 Å². The molecule has 6 nitrogen and oxygen atoms in total. The van der Waals surface area contributed by atoms with E-state index in [4.69, 9.17) is 19.7 Å². The average molecular weight is 563 g/mol. The lowest BCUT2D eigenvalue weighted by molar-refractivity contribution is 0.0558. The summed E-state index contributed by atoms with van der Waals surface area (Å²) in [5.74, 6) is 13.3. The van der Waals surface area contributed by atoms with Crippen molar-refractivity contribution in [2.24, 2.45) is 0 Å². The van der Waals surface area contributed by atoms with Crippen molar-refractivity contribution in [2.75, 3.05) is 26.4 Å². The van der Waals surface area contributed by atoms with E-state index in [1.54, 1.807) is 0 Å². The fourth-order valence-electron chi connectivity index (χ4n) is 4.29. The van der Waals surface area contributed by atoms with Crippen molar-refractivity contribution >= 4 is 0 Å². The van der Waals surface area contributed by atoms with Gasteiger partial charge in [0.1, 0.15) is 23.7 Å². The van der Waals surface area contributed by atoms with Gasteiger partial charge in [0.05, 0.1) is 26.4 Å². The average Bonchev–Trinajstić information content (AvgIpc) is 2.93. The van der Waals surface area contributed by atoms with Crippen LogP contribution in [-0.2, 0) is 9.47 Å². The molecular formula is C34H58O6. The van der Waals surface area contributed by atoms with Crippen molar-refractivity contribution in [3.8, 4) is 23.7 Å². The summed E-state index contributed by atoms with van der Waals surface area (Å²) in [4.78, 5) is 0. The van der Waals surface area contributed by atoms with Crippen molar-refractivity contribution in [2.45, 2.75) is 143 Å². The molecule has 230 valence electrons. The van der Waals surface area contributed by atoms with E-state index in [1.807, 2.05) is 27.7 Å². The number of aliphatic hydroxyl groups is 4. The van der Waals surface area contributed by atoms with Gasteiger partial charge in [-0.1, -0.05) is 76.0 Å². The molecule has 0 aliphatic heterocycles. The van der Waals surface area contributed by atoms with Crippen LogP contribution in [0.5, 0.6) is 0 Å². The summed E-state index contributed by atoms with van der Waals surface area (Å²) >= 11 is 0. The molecule has 0 radical (unpaired) electrons. The second-order valence-electron chi connectivity index (χ2n) is 10.9. The maximum Gasteiger partial charge on any atom is 0.134 e. The molecule has 0 aliphatic carbocycles. The van der Waals surface area contributed by atoms with Crippen LogP contribution in [-0.4, -0.2) is 59.1 Å². The first kappa shape index (κ1) is 38.0. The Bertz CT molecular complexity index is 732. The molecule has 0 aromatic carbocycles. The summed E-state index contributed by atoms with van der Waals surface area (Å²) in [6, 6.07) is 0. The lowest BCUT2D eigenvalue weighted by Crippen LogP contribution is -2.19. The van der Waals surface area contributed by atoms with Crippen molar-refractivity contribution in [3.63, 3.8) is 0 Å². The fourth-order valence-corrected chi connectivity index (χ4v) is 4.29. The predicted octanol–water partition coefficient (Wildman–Crippen LogP) is 6.56. The lowest BCUT2D eigenvalue weighted by atomic mass is 10.1. The second kappa shape index (κ2) is 27.2. The molecule has 0 bridgehead atoms.